The van der Waals surface area contributed by atoms with E-state index in [0.717, 1.165) is 10.8 Å². The molecule has 0 radical (unpaired) electrons. The zero-order chi connectivity index (χ0) is 16.2. The van der Waals surface area contributed by atoms with Gasteiger partial charge in [-0.05, 0) is 30.0 Å². The van der Waals surface area contributed by atoms with E-state index in [9.17, 15) is 9.59 Å². The lowest BCUT2D eigenvalue weighted by molar-refractivity contribution is 0.0795. The number of ether oxygens (including phenoxy) is 1. The van der Waals surface area contributed by atoms with E-state index in [1.807, 2.05) is 13.0 Å². The Balaban J connectivity index is 1.70. The van der Waals surface area contributed by atoms with Crippen LogP contribution in [0.4, 0.5) is 0 Å². The van der Waals surface area contributed by atoms with Crippen LogP contribution < -0.4 is 10.1 Å². The van der Waals surface area contributed by atoms with Crippen molar-refractivity contribution in [3.8, 4) is 5.75 Å². The number of carbonyl (C=O) groups is 2. The summed E-state index contributed by atoms with van der Waals surface area (Å²) >= 11 is 1.61. The number of hydrogen-bond acceptors (Lipinski definition) is 5. The lowest BCUT2D eigenvalue weighted by Crippen LogP contribution is -2.47. The number of rotatable bonds is 4. The number of nitrogens with one attached hydrogen (secondary N) is 1. The summed E-state index contributed by atoms with van der Waals surface area (Å²) in [6.07, 6.45) is 1.52. The molecular weight excluding hydrogens is 312 g/mol. The minimum Gasteiger partial charge on any atom is -0.490 e. The fourth-order valence-electron chi connectivity index (χ4n) is 2.33. The number of thioether (sulfide) groups is 1. The first kappa shape index (κ1) is 15.6. The standard InChI is InChI=1S/C17H16N2O3S/c1-2-23-15-8-7-11(9-18-15)17(21)19-13-10-22-14-6-4-3-5-12(14)16(13)20/h3-9,13H,2,10H2,1H3,(H,19,21)/t13-/m0/s1. The number of aromatic nitrogens is 1. The van der Waals surface area contributed by atoms with Crippen LogP contribution in [0.15, 0.2) is 47.6 Å². The molecule has 3 rings (SSSR count). The molecule has 1 amide bonds. The highest BCUT2D eigenvalue weighted by atomic mass is 32.2. The lowest BCUT2D eigenvalue weighted by Gasteiger charge is -2.24. The number of amides is 1. The molecule has 0 unspecified atom stereocenters. The summed E-state index contributed by atoms with van der Waals surface area (Å²) in [6.45, 7) is 2.18. The summed E-state index contributed by atoms with van der Waals surface area (Å²) in [5, 5.41) is 3.59. The van der Waals surface area contributed by atoms with Gasteiger partial charge in [0.1, 0.15) is 18.4 Å². The van der Waals surface area contributed by atoms with Crippen molar-refractivity contribution in [3.05, 3.63) is 53.7 Å². The number of fused-ring (bicyclic) bond motifs is 1. The number of nitrogens with zero attached hydrogens (tertiary/aromatic N) is 1. The van der Waals surface area contributed by atoms with Gasteiger partial charge >= 0.3 is 0 Å². The number of ketones is 1. The van der Waals surface area contributed by atoms with Crippen molar-refractivity contribution in [1.82, 2.24) is 10.3 Å². The first-order valence-corrected chi connectivity index (χ1v) is 8.33. The van der Waals surface area contributed by atoms with Gasteiger partial charge in [0.05, 0.1) is 16.2 Å². The maximum atomic E-state index is 12.4. The summed E-state index contributed by atoms with van der Waals surface area (Å²) in [4.78, 5) is 28.9. The summed E-state index contributed by atoms with van der Waals surface area (Å²) in [5.74, 6) is 1.02. The molecule has 1 aliphatic heterocycles. The van der Waals surface area contributed by atoms with Crippen LogP contribution in [0, 0.1) is 0 Å². The first-order valence-electron chi connectivity index (χ1n) is 7.35. The van der Waals surface area contributed by atoms with Gasteiger partial charge in [-0.25, -0.2) is 4.98 Å². The molecule has 1 N–H and O–H groups in total. The van der Waals surface area contributed by atoms with Crippen molar-refractivity contribution in [2.45, 2.75) is 18.0 Å². The van der Waals surface area contributed by atoms with Crippen LogP contribution in [0.25, 0.3) is 0 Å². The van der Waals surface area contributed by atoms with E-state index in [1.165, 1.54) is 6.20 Å². The first-order chi connectivity index (χ1) is 11.2. The van der Waals surface area contributed by atoms with Crippen LogP contribution >= 0.6 is 11.8 Å². The maximum Gasteiger partial charge on any atom is 0.253 e. The molecular formula is C17H16N2O3S. The Morgan fingerprint density at radius 1 is 1.35 bits per heavy atom. The number of hydrogen-bond donors (Lipinski definition) is 1. The molecule has 0 bridgehead atoms. The Morgan fingerprint density at radius 2 is 2.17 bits per heavy atom. The quantitative estimate of drug-likeness (QED) is 0.874. The van der Waals surface area contributed by atoms with Crippen LogP contribution in [-0.4, -0.2) is 35.1 Å². The minimum absolute atomic E-state index is 0.133. The van der Waals surface area contributed by atoms with E-state index in [2.05, 4.69) is 10.3 Å². The second-order valence-electron chi connectivity index (χ2n) is 5.02. The highest BCUT2D eigenvalue weighted by Crippen LogP contribution is 2.24. The minimum atomic E-state index is -0.679. The van der Waals surface area contributed by atoms with Gasteiger partial charge in [0.2, 0.25) is 0 Å². The van der Waals surface area contributed by atoms with Gasteiger partial charge in [0.25, 0.3) is 5.91 Å². The highest BCUT2D eigenvalue weighted by molar-refractivity contribution is 7.99. The normalized spacial score (nSPS) is 16.4. The Hall–Kier alpha value is -2.34. The summed E-state index contributed by atoms with van der Waals surface area (Å²) in [5.41, 5.74) is 0.925. The largest absolute Gasteiger partial charge is 0.490 e. The molecule has 1 atom stereocenters. The van der Waals surface area contributed by atoms with Crippen molar-refractivity contribution >= 4 is 23.5 Å². The SMILES string of the molecule is CCSc1ccc(C(=O)N[C@H]2COc3ccccc3C2=O)cn1. The Bertz CT molecular complexity index is 731. The van der Waals surface area contributed by atoms with Gasteiger partial charge in [0.15, 0.2) is 5.78 Å². The molecule has 1 aliphatic rings. The van der Waals surface area contributed by atoms with Gasteiger partial charge in [0, 0.05) is 6.20 Å². The van der Waals surface area contributed by atoms with E-state index in [1.54, 1.807) is 42.1 Å². The zero-order valence-corrected chi connectivity index (χ0v) is 13.4. The number of benzene rings is 1. The van der Waals surface area contributed by atoms with E-state index in [4.69, 9.17) is 4.74 Å². The molecule has 2 aromatic rings. The molecule has 6 heteroatoms. The Labute approximate surface area is 138 Å². The van der Waals surface area contributed by atoms with Crippen molar-refractivity contribution in [2.75, 3.05) is 12.4 Å². The van der Waals surface area contributed by atoms with Crippen LogP contribution in [0.5, 0.6) is 5.75 Å². The lowest BCUT2D eigenvalue weighted by atomic mass is 10.0. The maximum absolute atomic E-state index is 12.4. The van der Waals surface area contributed by atoms with Crippen molar-refractivity contribution < 1.29 is 14.3 Å². The predicted molar refractivity (Wildman–Crippen MR) is 88.2 cm³/mol. The van der Waals surface area contributed by atoms with E-state index in [0.29, 0.717) is 16.9 Å². The molecule has 0 spiro atoms. The smallest absolute Gasteiger partial charge is 0.253 e. The van der Waals surface area contributed by atoms with Gasteiger partial charge in [-0.15, -0.1) is 11.8 Å². The van der Waals surface area contributed by atoms with Gasteiger partial charge in [-0.1, -0.05) is 19.1 Å². The third-order valence-electron chi connectivity index (χ3n) is 3.47. The van der Waals surface area contributed by atoms with Crippen LogP contribution in [0.3, 0.4) is 0 Å². The summed E-state index contributed by atoms with van der Waals surface area (Å²) in [6, 6.07) is 9.88. The molecule has 23 heavy (non-hydrogen) atoms. The Kier molecular flexibility index (Phi) is 4.62. The summed E-state index contributed by atoms with van der Waals surface area (Å²) < 4.78 is 5.54. The summed E-state index contributed by atoms with van der Waals surface area (Å²) in [7, 11) is 0. The molecule has 0 saturated heterocycles. The number of para-hydroxylation sites is 1. The average Bonchev–Trinajstić information content (AvgIpc) is 2.58. The number of carbonyl (C=O) groups excluding carboxylic acids is 2. The second kappa shape index (κ2) is 6.83. The third kappa shape index (κ3) is 3.37. The second-order valence-corrected chi connectivity index (χ2v) is 6.30. The number of Topliss-reactive ketones (excluding diaryl/α,β-unsaturated/α-hetero) is 1. The predicted octanol–water partition coefficient (Wildman–Crippen LogP) is 2.57. The molecule has 0 saturated carbocycles. The molecule has 5 nitrogen and oxygen atoms in total. The van der Waals surface area contributed by atoms with Crippen LogP contribution in [0.1, 0.15) is 27.6 Å². The van der Waals surface area contributed by atoms with E-state index in [-0.39, 0.29) is 18.3 Å². The Morgan fingerprint density at radius 3 is 2.91 bits per heavy atom. The highest BCUT2D eigenvalue weighted by Gasteiger charge is 2.29. The van der Waals surface area contributed by atoms with Crippen LogP contribution in [-0.2, 0) is 0 Å². The average molecular weight is 328 g/mol. The molecule has 0 fully saturated rings. The van der Waals surface area contributed by atoms with Gasteiger partial charge in [-0.2, -0.15) is 0 Å². The molecule has 1 aromatic heterocycles. The molecule has 0 aliphatic carbocycles. The van der Waals surface area contributed by atoms with Gasteiger partial charge in [-0.3, -0.25) is 9.59 Å². The molecule has 1 aromatic carbocycles. The third-order valence-corrected chi connectivity index (χ3v) is 4.30. The topological polar surface area (TPSA) is 68.3 Å². The van der Waals surface area contributed by atoms with Crippen molar-refractivity contribution in [1.29, 1.82) is 0 Å². The molecule has 118 valence electrons. The monoisotopic (exact) mass is 328 g/mol. The molecule has 2 heterocycles. The fourth-order valence-corrected chi connectivity index (χ4v) is 2.92. The van der Waals surface area contributed by atoms with E-state index >= 15 is 0 Å². The van der Waals surface area contributed by atoms with E-state index < -0.39 is 6.04 Å². The number of pyridine rings is 1. The zero-order valence-electron chi connectivity index (χ0n) is 12.6. The van der Waals surface area contributed by atoms with Crippen molar-refractivity contribution in [3.63, 3.8) is 0 Å². The van der Waals surface area contributed by atoms with Gasteiger partial charge < -0.3 is 10.1 Å². The van der Waals surface area contributed by atoms with Crippen molar-refractivity contribution in [2.24, 2.45) is 0 Å². The fraction of sp³-hybridized carbons (Fsp3) is 0.235. The van der Waals surface area contributed by atoms with Crippen LogP contribution in [0.2, 0.25) is 0 Å².